The van der Waals surface area contributed by atoms with Crippen LogP contribution in [0.3, 0.4) is 0 Å². The van der Waals surface area contributed by atoms with Gasteiger partial charge in [-0.05, 0) is 61.1 Å². The third-order valence-corrected chi connectivity index (χ3v) is 8.44. The number of benzene rings is 1. The second-order valence-electron chi connectivity index (χ2n) is 11.7. The summed E-state index contributed by atoms with van der Waals surface area (Å²) in [5, 5.41) is 12.1. The maximum Gasteiger partial charge on any atom is 0.304 e. The van der Waals surface area contributed by atoms with E-state index >= 15 is 0 Å². The van der Waals surface area contributed by atoms with Gasteiger partial charge in [0.25, 0.3) is 0 Å². The minimum Gasteiger partial charge on any atom is -0.481 e. The van der Waals surface area contributed by atoms with Gasteiger partial charge >= 0.3 is 5.97 Å². The zero-order valence-corrected chi connectivity index (χ0v) is 25.6. The number of fused-ring (bicyclic) bond motifs is 1. The molecule has 212 valence electrons. The summed E-state index contributed by atoms with van der Waals surface area (Å²) >= 11 is 1.71. The summed E-state index contributed by atoms with van der Waals surface area (Å²) in [7, 11) is 0.500. The third kappa shape index (κ3) is 8.63. The Labute approximate surface area is 233 Å². The summed E-state index contributed by atoms with van der Waals surface area (Å²) in [5.41, 5.74) is 7.07. The Kier molecular flexibility index (Phi) is 12.0. The molecule has 2 heterocycles. The van der Waals surface area contributed by atoms with Crippen molar-refractivity contribution in [1.82, 2.24) is 9.88 Å². The van der Waals surface area contributed by atoms with Crippen LogP contribution in [0.25, 0.3) is 11.3 Å². The molecule has 0 saturated carbocycles. The van der Waals surface area contributed by atoms with Crippen molar-refractivity contribution in [3.05, 3.63) is 46.4 Å². The number of hydrogen-bond acceptors (Lipinski definition) is 5. The Balaban J connectivity index is 0.000000560. The molecule has 1 N–H and O–H groups in total. The van der Waals surface area contributed by atoms with Crippen LogP contribution in [0, 0.1) is 0 Å². The molecule has 1 aliphatic heterocycles. The second kappa shape index (κ2) is 14.2. The van der Waals surface area contributed by atoms with Crippen molar-refractivity contribution >= 4 is 22.4 Å². The largest absolute Gasteiger partial charge is 0.481 e. The summed E-state index contributed by atoms with van der Waals surface area (Å²) in [6.07, 6.45) is 6.03. The lowest BCUT2D eigenvalue weighted by Gasteiger charge is -2.42. The monoisotopic (exact) mass is 545 g/mol. The molecule has 4 rings (SSSR count). The molecular formula is C31H48FN3O2S. The topological polar surface area (TPSA) is 56.7 Å². The fraction of sp³-hybridized carbons (Fsp3) is 0.613. The van der Waals surface area contributed by atoms with Crippen molar-refractivity contribution in [3.8, 4) is 11.3 Å². The molecule has 1 aromatic heterocycles. The standard InChI is InChI=1S/C24H33N3O2S.C6H12.CH3F/c1-23(2)8-9-24(3,4)19-15-17(5-6-18(19)23)20-16-30-22(25-20)27-13-11-26(12-14-27)10-7-21(28)29;1-4-5-6(2)3;1-2/h5-6,15-16H,7-14H2,1-4H3,(H,28,29);5H,4H2,1-3H3;1H3. The molecule has 1 saturated heterocycles. The van der Waals surface area contributed by atoms with E-state index in [0.717, 1.165) is 37.0 Å². The summed E-state index contributed by atoms with van der Waals surface area (Å²) in [5.74, 6) is -0.724. The van der Waals surface area contributed by atoms with E-state index in [4.69, 9.17) is 10.1 Å². The zero-order chi connectivity index (χ0) is 28.5. The fourth-order valence-electron chi connectivity index (χ4n) is 5.11. The first-order valence-corrected chi connectivity index (χ1v) is 14.6. The highest BCUT2D eigenvalue weighted by molar-refractivity contribution is 7.14. The normalized spacial score (nSPS) is 17.8. The van der Waals surface area contributed by atoms with Crippen molar-refractivity contribution in [3.63, 3.8) is 0 Å². The average Bonchev–Trinajstić information content (AvgIpc) is 3.38. The van der Waals surface area contributed by atoms with Gasteiger partial charge in [0, 0.05) is 43.7 Å². The first-order valence-electron chi connectivity index (χ1n) is 13.7. The molecule has 0 unspecified atom stereocenters. The molecule has 7 heteroatoms. The predicted octanol–water partition coefficient (Wildman–Crippen LogP) is 7.70. The quantitative estimate of drug-likeness (QED) is 0.377. The number of hydrogen-bond donors (Lipinski definition) is 1. The van der Waals surface area contributed by atoms with Crippen LogP contribution in [0.2, 0.25) is 0 Å². The summed E-state index contributed by atoms with van der Waals surface area (Å²) in [6.45, 7) is 20.0. The van der Waals surface area contributed by atoms with Crippen molar-refractivity contribution in [2.45, 2.75) is 85.0 Å². The lowest BCUT2D eigenvalue weighted by molar-refractivity contribution is -0.137. The Morgan fingerprint density at radius 2 is 1.66 bits per heavy atom. The first kappa shape index (κ1) is 32.0. The molecule has 1 fully saturated rings. The number of carbonyl (C=O) groups is 1. The fourth-order valence-corrected chi connectivity index (χ4v) is 6.00. The van der Waals surface area contributed by atoms with Gasteiger partial charge in [0.05, 0.1) is 19.3 Å². The number of anilines is 1. The van der Waals surface area contributed by atoms with Crippen molar-refractivity contribution in [2.75, 3.05) is 44.8 Å². The number of halogens is 1. The average molecular weight is 546 g/mol. The maximum atomic E-state index is 10.8. The van der Waals surface area contributed by atoms with E-state index in [1.54, 1.807) is 11.3 Å². The molecule has 2 aromatic rings. The number of carboxylic acid groups (broad SMARTS) is 1. The van der Waals surface area contributed by atoms with Crippen molar-refractivity contribution in [2.24, 2.45) is 0 Å². The molecule has 1 aromatic carbocycles. The van der Waals surface area contributed by atoms with Crippen LogP contribution >= 0.6 is 11.3 Å². The molecule has 1 aliphatic carbocycles. The van der Waals surface area contributed by atoms with Crippen molar-refractivity contribution in [1.29, 1.82) is 0 Å². The van der Waals surface area contributed by atoms with Crippen LogP contribution in [0.4, 0.5) is 9.52 Å². The number of aliphatic carboxylic acids is 1. The highest BCUT2D eigenvalue weighted by Gasteiger charge is 2.37. The maximum absolute atomic E-state index is 10.8. The molecular weight excluding hydrogens is 497 g/mol. The lowest BCUT2D eigenvalue weighted by Crippen LogP contribution is -2.46. The number of aromatic nitrogens is 1. The highest BCUT2D eigenvalue weighted by atomic mass is 32.1. The van der Waals surface area contributed by atoms with Crippen LogP contribution in [0.1, 0.15) is 85.3 Å². The van der Waals surface area contributed by atoms with E-state index < -0.39 is 5.97 Å². The van der Waals surface area contributed by atoms with Crippen LogP contribution in [-0.4, -0.2) is 60.9 Å². The first-order chi connectivity index (χ1) is 17.9. The van der Waals surface area contributed by atoms with Crippen LogP contribution in [0.5, 0.6) is 0 Å². The van der Waals surface area contributed by atoms with E-state index in [0.29, 0.717) is 13.7 Å². The number of thiazole rings is 1. The molecule has 38 heavy (non-hydrogen) atoms. The van der Waals surface area contributed by atoms with Crippen LogP contribution in [-0.2, 0) is 15.6 Å². The van der Waals surface area contributed by atoms with Gasteiger partial charge in [-0.2, -0.15) is 0 Å². The van der Waals surface area contributed by atoms with Crippen LogP contribution < -0.4 is 4.90 Å². The van der Waals surface area contributed by atoms with Gasteiger partial charge < -0.3 is 10.0 Å². The van der Waals surface area contributed by atoms with E-state index in [1.807, 2.05) is 0 Å². The molecule has 0 spiro atoms. The van der Waals surface area contributed by atoms with Gasteiger partial charge in [-0.1, -0.05) is 58.4 Å². The summed E-state index contributed by atoms with van der Waals surface area (Å²) in [6, 6.07) is 6.94. The predicted molar refractivity (Wildman–Crippen MR) is 160 cm³/mol. The molecule has 5 nitrogen and oxygen atoms in total. The molecule has 0 amide bonds. The van der Waals surface area contributed by atoms with Gasteiger partial charge in [0.15, 0.2) is 5.13 Å². The van der Waals surface area contributed by atoms with Gasteiger partial charge in [-0.3, -0.25) is 14.1 Å². The number of rotatable bonds is 6. The lowest BCUT2D eigenvalue weighted by atomic mass is 9.63. The highest BCUT2D eigenvalue weighted by Crippen LogP contribution is 2.46. The van der Waals surface area contributed by atoms with E-state index in [1.165, 1.54) is 41.5 Å². The third-order valence-electron chi connectivity index (χ3n) is 7.54. The Hall–Kier alpha value is -2.25. The van der Waals surface area contributed by atoms with Crippen molar-refractivity contribution < 1.29 is 14.3 Å². The Morgan fingerprint density at radius 1 is 1.05 bits per heavy atom. The smallest absolute Gasteiger partial charge is 0.304 e. The summed E-state index contributed by atoms with van der Waals surface area (Å²) < 4.78 is 9.50. The number of allylic oxidation sites excluding steroid dienone is 2. The number of nitrogens with zero attached hydrogens (tertiary/aromatic N) is 3. The van der Waals surface area contributed by atoms with Crippen LogP contribution in [0.15, 0.2) is 35.2 Å². The minimum absolute atomic E-state index is 0.200. The second-order valence-corrected chi connectivity index (χ2v) is 12.5. The molecule has 0 atom stereocenters. The van der Waals surface area contributed by atoms with E-state index in [-0.39, 0.29) is 17.3 Å². The molecule has 0 radical (unpaired) electrons. The molecule has 0 bridgehead atoms. The van der Waals surface area contributed by atoms with Gasteiger partial charge in [0.2, 0.25) is 0 Å². The SMILES string of the molecule is CC1(C)CCC(C)(C)c2cc(-c3csc(N4CCN(CCC(=O)O)CC4)n3)ccc21.CCC=C(C)C.CF. The molecule has 2 aliphatic rings. The van der Waals surface area contributed by atoms with E-state index in [2.05, 4.69) is 87.9 Å². The number of alkyl halides is 1. The number of carboxylic acids is 1. The Morgan fingerprint density at radius 3 is 2.18 bits per heavy atom. The minimum atomic E-state index is -0.724. The van der Waals surface area contributed by atoms with Gasteiger partial charge in [-0.15, -0.1) is 11.3 Å². The zero-order valence-electron chi connectivity index (χ0n) is 24.7. The summed E-state index contributed by atoms with van der Waals surface area (Å²) in [4.78, 5) is 20.3. The van der Waals surface area contributed by atoms with Gasteiger partial charge in [0.1, 0.15) is 0 Å². The van der Waals surface area contributed by atoms with Gasteiger partial charge in [-0.25, -0.2) is 4.98 Å². The Bertz CT molecular complexity index is 1060. The van der Waals surface area contributed by atoms with E-state index in [9.17, 15) is 9.18 Å². The number of piperazine rings is 1.